The number of hydrogen-bond donors (Lipinski definition) is 2. The van der Waals surface area contributed by atoms with Gasteiger partial charge in [-0.2, -0.15) is 0 Å². The quantitative estimate of drug-likeness (QED) is 0.846. The normalized spacial score (nSPS) is 17.7. The minimum absolute atomic E-state index is 0.165. The Labute approximate surface area is 111 Å². The molecule has 2 heteroatoms. The SMILES string of the molecule is CC(C)(N)CNc1ccc(C2CCCCC2)cc1. The molecule has 1 aromatic carbocycles. The smallest absolute Gasteiger partial charge is 0.0340 e. The summed E-state index contributed by atoms with van der Waals surface area (Å²) in [6.07, 6.45) is 6.94. The third-order valence-corrected chi connectivity index (χ3v) is 3.74. The lowest BCUT2D eigenvalue weighted by Gasteiger charge is -2.23. The third kappa shape index (κ3) is 4.02. The van der Waals surface area contributed by atoms with Crippen molar-refractivity contribution in [2.75, 3.05) is 11.9 Å². The first-order valence-corrected chi connectivity index (χ1v) is 7.17. The Balaban J connectivity index is 1.92. The molecule has 2 rings (SSSR count). The fourth-order valence-corrected chi connectivity index (χ4v) is 2.64. The fraction of sp³-hybridized carbons (Fsp3) is 0.625. The number of rotatable bonds is 4. The van der Waals surface area contributed by atoms with Crippen LogP contribution in [0.25, 0.3) is 0 Å². The molecule has 0 amide bonds. The molecule has 0 atom stereocenters. The Morgan fingerprint density at radius 1 is 1.11 bits per heavy atom. The monoisotopic (exact) mass is 246 g/mol. The highest BCUT2D eigenvalue weighted by atomic mass is 14.9. The molecule has 0 spiro atoms. The van der Waals surface area contributed by atoms with E-state index in [0.29, 0.717) is 0 Å². The van der Waals surface area contributed by atoms with Gasteiger partial charge in [-0.05, 0) is 50.3 Å². The van der Waals surface area contributed by atoms with E-state index in [4.69, 9.17) is 5.73 Å². The van der Waals surface area contributed by atoms with Crippen molar-refractivity contribution in [2.45, 2.75) is 57.4 Å². The molecule has 1 aromatic rings. The summed E-state index contributed by atoms with van der Waals surface area (Å²) < 4.78 is 0. The summed E-state index contributed by atoms with van der Waals surface area (Å²) in [4.78, 5) is 0. The van der Waals surface area contributed by atoms with Crippen molar-refractivity contribution in [2.24, 2.45) is 5.73 Å². The minimum atomic E-state index is -0.165. The van der Waals surface area contributed by atoms with Gasteiger partial charge < -0.3 is 11.1 Å². The predicted molar refractivity (Wildman–Crippen MR) is 79.0 cm³/mol. The summed E-state index contributed by atoms with van der Waals surface area (Å²) in [6.45, 7) is 4.88. The van der Waals surface area contributed by atoms with E-state index >= 15 is 0 Å². The van der Waals surface area contributed by atoms with Gasteiger partial charge in [0.2, 0.25) is 0 Å². The molecule has 18 heavy (non-hydrogen) atoms. The fourth-order valence-electron chi connectivity index (χ4n) is 2.64. The maximum atomic E-state index is 5.97. The van der Waals surface area contributed by atoms with E-state index in [1.165, 1.54) is 43.4 Å². The van der Waals surface area contributed by atoms with Gasteiger partial charge in [0.25, 0.3) is 0 Å². The van der Waals surface area contributed by atoms with E-state index in [1.54, 1.807) is 0 Å². The molecule has 3 N–H and O–H groups in total. The summed E-state index contributed by atoms with van der Waals surface area (Å²) in [6, 6.07) is 8.94. The molecule has 1 aliphatic carbocycles. The molecule has 0 radical (unpaired) electrons. The molecule has 0 aliphatic heterocycles. The van der Waals surface area contributed by atoms with Crippen molar-refractivity contribution in [3.8, 4) is 0 Å². The first kappa shape index (κ1) is 13.4. The van der Waals surface area contributed by atoms with Crippen molar-refractivity contribution in [1.82, 2.24) is 0 Å². The summed E-state index contributed by atoms with van der Waals surface area (Å²) in [5, 5.41) is 3.39. The van der Waals surface area contributed by atoms with Crippen molar-refractivity contribution >= 4 is 5.69 Å². The lowest BCUT2D eigenvalue weighted by molar-refractivity contribution is 0.443. The van der Waals surface area contributed by atoms with Gasteiger partial charge in [0.1, 0.15) is 0 Å². The summed E-state index contributed by atoms with van der Waals surface area (Å²) >= 11 is 0. The number of anilines is 1. The molecule has 0 bridgehead atoms. The van der Waals surface area contributed by atoms with Crippen LogP contribution >= 0.6 is 0 Å². The van der Waals surface area contributed by atoms with Crippen molar-refractivity contribution < 1.29 is 0 Å². The number of nitrogens with one attached hydrogen (secondary N) is 1. The molecule has 0 aromatic heterocycles. The van der Waals surface area contributed by atoms with Crippen LogP contribution in [-0.2, 0) is 0 Å². The average molecular weight is 246 g/mol. The molecule has 2 nitrogen and oxygen atoms in total. The van der Waals surface area contributed by atoms with Crippen LogP contribution in [0.4, 0.5) is 5.69 Å². The van der Waals surface area contributed by atoms with E-state index in [2.05, 4.69) is 29.6 Å². The van der Waals surface area contributed by atoms with E-state index in [1.807, 2.05) is 13.8 Å². The van der Waals surface area contributed by atoms with E-state index < -0.39 is 0 Å². The predicted octanol–water partition coefficient (Wildman–Crippen LogP) is 3.88. The zero-order valence-corrected chi connectivity index (χ0v) is 11.7. The van der Waals surface area contributed by atoms with Crippen LogP contribution in [0.3, 0.4) is 0 Å². The standard InChI is InChI=1S/C16H26N2/c1-16(2,17)12-18-15-10-8-14(9-11-15)13-6-4-3-5-7-13/h8-11,13,18H,3-7,12,17H2,1-2H3. The molecule has 0 unspecified atom stereocenters. The topological polar surface area (TPSA) is 38.0 Å². The third-order valence-electron chi connectivity index (χ3n) is 3.74. The first-order valence-electron chi connectivity index (χ1n) is 7.17. The zero-order chi connectivity index (χ0) is 13.0. The van der Waals surface area contributed by atoms with Gasteiger partial charge in [0.15, 0.2) is 0 Å². The van der Waals surface area contributed by atoms with E-state index in [0.717, 1.165) is 12.5 Å². The van der Waals surface area contributed by atoms with Gasteiger partial charge >= 0.3 is 0 Å². The van der Waals surface area contributed by atoms with Gasteiger partial charge in [-0.1, -0.05) is 31.4 Å². The molecule has 0 saturated heterocycles. The van der Waals surface area contributed by atoms with Crippen LogP contribution in [0.5, 0.6) is 0 Å². The van der Waals surface area contributed by atoms with E-state index in [-0.39, 0.29) is 5.54 Å². The van der Waals surface area contributed by atoms with Gasteiger partial charge in [0, 0.05) is 17.8 Å². The average Bonchev–Trinajstić information content (AvgIpc) is 2.37. The maximum absolute atomic E-state index is 5.97. The van der Waals surface area contributed by atoms with Crippen LogP contribution in [0.15, 0.2) is 24.3 Å². The van der Waals surface area contributed by atoms with Crippen LogP contribution in [-0.4, -0.2) is 12.1 Å². The number of hydrogen-bond acceptors (Lipinski definition) is 2. The Bertz CT molecular complexity index is 356. The van der Waals surface area contributed by atoms with Gasteiger partial charge in [-0.3, -0.25) is 0 Å². The van der Waals surface area contributed by atoms with E-state index in [9.17, 15) is 0 Å². The Morgan fingerprint density at radius 3 is 2.28 bits per heavy atom. The highest BCUT2D eigenvalue weighted by Crippen LogP contribution is 2.32. The van der Waals surface area contributed by atoms with Gasteiger partial charge in [0.05, 0.1) is 0 Å². The zero-order valence-electron chi connectivity index (χ0n) is 11.7. The molecular weight excluding hydrogens is 220 g/mol. The highest BCUT2D eigenvalue weighted by molar-refractivity contribution is 5.45. The highest BCUT2D eigenvalue weighted by Gasteiger charge is 2.15. The second-order valence-corrected chi connectivity index (χ2v) is 6.30. The molecular formula is C16H26N2. The minimum Gasteiger partial charge on any atom is -0.383 e. The second-order valence-electron chi connectivity index (χ2n) is 6.30. The molecule has 1 fully saturated rings. The lowest BCUT2D eigenvalue weighted by atomic mass is 9.84. The molecule has 1 saturated carbocycles. The van der Waals surface area contributed by atoms with Crippen molar-refractivity contribution in [3.63, 3.8) is 0 Å². The number of benzene rings is 1. The van der Waals surface area contributed by atoms with Crippen LogP contribution in [0, 0.1) is 0 Å². The number of nitrogens with two attached hydrogens (primary N) is 1. The summed E-state index contributed by atoms with van der Waals surface area (Å²) in [5.74, 6) is 0.791. The van der Waals surface area contributed by atoms with Crippen molar-refractivity contribution in [3.05, 3.63) is 29.8 Å². The largest absolute Gasteiger partial charge is 0.383 e. The van der Waals surface area contributed by atoms with Crippen molar-refractivity contribution in [1.29, 1.82) is 0 Å². The van der Waals surface area contributed by atoms with Crippen LogP contribution < -0.4 is 11.1 Å². The summed E-state index contributed by atoms with van der Waals surface area (Å²) in [7, 11) is 0. The molecule has 0 heterocycles. The maximum Gasteiger partial charge on any atom is 0.0340 e. The Hall–Kier alpha value is -1.02. The second kappa shape index (κ2) is 5.75. The molecule has 1 aliphatic rings. The summed E-state index contributed by atoms with van der Waals surface area (Å²) in [5.41, 5.74) is 8.48. The first-order chi connectivity index (χ1) is 8.54. The Kier molecular flexibility index (Phi) is 4.28. The van der Waals surface area contributed by atoms with Crippen LogP contribution in [0.2, 0.25) is 0 Å². The Morgan fingerprint density at radius 2 is 1.72 bits per heavy atom. The molecule has 100 valence electrons. The van der Waals surface area contributed by atoms with Gasteiger partial charge in [-0.15, -0.1) is 0 Å². The van der Waals surface area contributed by atoms with Gasteiger partial charge in [-0.25, -0.2) is 0 Å². The lowest BCUT2D eigenvalue weighted by Crippen LogP contribution is -2.39. The van der Waals surface area contributed by atoms with Crippen LogP contribution in [0.1, 0.15) is 57.4 Å².